The molecule has 6 nitrogen and oxygen atoms in total. The summed E-state index contributed by atoms with van der Waals surface area (Å²) in [5.41, 5.74) is 3.53. The number of para-hydroxylation sites is 1. The van der Waals surface area contributed by atoms with Gasteiger partial charge in [0.2, 0.25) is 11.1 Å². The molecule has 0 aliphatic heterocycles. The molecular weight excluding hydrogens is 382 g/mol. The van der Waals surface area contributed by atoms with Crippen LogP contribution in [0.3, 0.4) is 0 Å². The SMILES string of the molecule is CC(C)C[C@H](NC(=O)CSc1nnc2c(n1)[nH]c1ccccc12)c1ccccc1. The number of hydrogen-bond donors (Lipinski definition) is 2. The highest BCUT2D eigenvalue weighted by Gasteiger charge is 2.17. The number of benzene rings is 2. The number of fused-ring (bicyclic) bond motifs is 3. The number of aromatic amines is 1. The maximum atomic E-state index is 12.6. The number of carbonyl (C=O) groups is 1. The van der Waals surface area contributed by atoms with Gasteiger partial charge in [-0.15, -0.1) is 10.2 Å². The van der Waals surface area contributed by atoms with Gasteiger partial charge in [0, 0.05) is 10.9 Å². The van der Waals surface area contributed by atoms with Crippen molar-refractivity contribution in [2.24, 2.45) is 5.92 Å². The van der Waals surface area contributed by atoms with Crippen LogP contribution in [0.2, 0.25) is 0 Å². The standard InChI is InChI=1S/C22H23N5OS/c1-14(2)12-18(15-8-4-3-5-9-15)23-19(28)13-29-22-25-21-20(26-27-22)16-10-6-7-11-17(16)24-21/h3-11,14,18H,12-13H2,1-2H3,(H,23,28)(H,24,25,27)/t18-/m0/s1. The van der Waals surface area contributed by atoms with Gasteiger partial charge in [0.1, 0.15) is 5.52 Å². The highest BCUT2D eigenvalue weighted by molar-refractivity contribution is 7.99. The van der Waals surface area contributed by atoms with Crippen molar-refractivity contribution in [1.29, 1.82) is 0 Å². The summed E-state index contributed by atoms with van der Waals surface area (Å²) in [5, 5.41) is 13.1. The van der Waals surface area contributed by atoms with Crippen LogP contribution >= 0.6 is 11.8 Å². The van der Waals surface area contributed by atoms with Gasteiger partial charge in [-0.05, 0) is 24.0 Å². The average molecular weight is 406 g/mol. The Bertz CT molecular complexity index is 1130. The van der Waals surface area contributed by atoms with Crippen molar-refractivity contribution in [3.05, 3.63) is 60.2 Å². The molecule has 0 radical (unpaired) electrons. The van der Waals surface area contributed by atoms with Crippen molar-refractivity contribution in [3.8, 4) is 0 Å². The lowest BCUT2D eigenvalue weighted by molar-refractivity contribution is -0.119. The van der Waals surface area contributed by atoms with E-state index < -0.39 is 0 Å². The minimum absolute atomic E-state index is 0.000435. The molecule has 0 fully saturated rings. The van der Waals surface area contributed by atoms with Crippen molar-refractivity contribution in [3.63, 3.8) is 0 Å². The minimum atomic E-state index is -0.0372. The maximum absolute atomic E-state index is 12.6. The third-order valence-corrected chi connectivity index (χ3v) is 5.52. The Morgan fingerprint density at radius 1 is 1.07 bits per heavy atom. The molecule has 148 valence electrons. The number of nitrogens with one attached hydrogen (secondary N) is 2. The molecule has 4 aromatic rings. The smallest absolute Gasteiger partial charge is 0.230 e. The van der Waals surface area contributed by atoms with Gasteiger partial charge in [-0.2, -0.15) is 0 Å². The van der Waals surface area contributed by atoms with E-state index in [0.717, 1.165) is 28.4 Å². The molecule has 1 atom stereocenters. The lowest BCUT2D eigenvalue weighted by Crippen LogP contribution is -2.30. The van der Waals surface area contributed by atoms with Gasteiger partial charge in [0.15, 0.2) is 5.65 Å². The van der Waals surface area contributed by atoms with E-state index in [2.05, 4.69) is 51.5 Å². The molecule has 2 aromatic carbocycles. The first-order valence-corrected chi connectivity index (χ1v) is 10.7. The van der Waals surface area contributed by atoms with Crippen LogP contribution in [-0.4, -0.2) is 31.8 Å². The van der Waals surface area contributed by atoms with E-state index in [1.165, 1.54) is 11.8 Å². The quantitative estimate of drug-likeness (QED) is 0.442. The van der Waals surface area contributed by atoms with E-state index in [9.17, 15) is 4.79 Å². The summed E-state index contributed by atoms with van der Waals surface area (Å²) >= 11 is 1.29. The number of H-pyrrole nitrogens is 1. The third kappa shape index (κ3) is 4.56. The predicted molar refractivity (Wildman–Crippen MR) is 117 cm³/mol. The molecule has 29 heavy (non-hydrogen) atoms. The van der Waals surface area contributed by atoms with Gasteiger partial charge in [-0.3, -0.25) is 4.79 Å². The zero-order valence-corrected chi connectivity index (χ0v) is 17.2. The van der Waals surface area contributed by atoms with Crippen LogP contribution in [0, 0.1) is 5.92 Å². The van der Waals surface area contributed by atoms with Gasteiger partial charge in [-0.25, -0.2) is 4.98 Å². The normalized spacial score (nSPS) is 12.5. The number of thioether (sulfide) groups is 1. The van der Waals surface area contributed by atoms with E-state index >= 15 is 0 Å². The second kappa shape index (κ2) is 8.61. The first-order valence-electron chi connectivity index (χ1n) is 9.68. The zero-order valence-electron chi connectivity index (χ0n) is 16.4. The van der Waals surface area contributed by atoms with E-state index in [1.54, 1.807) is 0 Å². The molecule has 0 aliphatic carbocycles. The molecule has 0 bridgehead atoms. The Kier molecular flexibility index (Phi) is 5.76. The van der Waals surface area contributed by atoms with E-state index in [0.29, 0.717) is 16.7 Å². The molecule has 0 saturated heterocycles. The molecule has 2 N–H and O–H groups in total. The van der Waals surface area contributed by atoms with Crippen molar-refractivity contribution >= 4 is 39.7 Å². The molecule has 2 heterocycles. The molecule has 2 aromatic heterocycles. The first kappa shape index (κ1) is 19.4. The van der Waals surface area contributed by atoms with Gasteiger partial charge < -0.3 is 10.3 Å². The van der Waals surface area contributed by atoms with Crippen LogP contribution in [0.25, 0.3) is 22.1 Å². The Morgan fingerprint density at radius 2 is 1.83 bits per heavy atom. The predicted octanol–water partition coefficient (Wildman–Crippen LogP) is 4.50. The summed E-state index contributed by atoms with van der Waals surface area (Å²) < 4.78 is 0. The summed E-state index contributed by atoms with van der Waals surface area (Å²) in [5.74, 6) is 0.685. The number of hydrogen-bond acceptors (Lipinski definition) is 5. The maximum Gasteiger partial charge on any atom is 0.230 e. The average Bonchev–Trinajstić information content (AvgIpc) is 3.10. The fraction of sp³-hybridized carbons (Fsp3) is 0.273. The van der Waals surface area contributed by atoms with Crippen molar-refractivity contribution in [2.45, 2.75) is 31.5 Å². The van der Waals surface area contributed by atoms with Gasteiger partial charge in [0.05, 0.1) is 11.8 Å². The molecule has 1 amide bonds. The van der Waals surface area contributed by atoms with Crippen molar-refractivity contribution < 1.29 is 4.79 Å². The third-order valence-electron chi connectivity index (χ3n) is 4.68. The highest BCUT2D eigenvalue weighted by Crippen LogP contribution is 2.24. The number of carbonyl (C=O) groups excluding carboxylic acids is 1. The Hall–Kier alpha value is -2.93. The monoisotopic (exact) mass is 405 g/mol. The van der Waals surface area contributed by atoms with Crippen molar-refractivity contribution in [2.75, 3.05) is 5.75 Å². The van der Waals surface area contributed by atoms with Crippen LogP contribution in [-0.2, 0) is 4.79 Å². The van der Waals surface area contributed by atoms with Gasteiger partial charge in [0.25, 0.3) is 0 Å². The van der Waals surface area contributed by atoms with E-state index in [-0.39, 0.29) is 17.7 Å². The van der Waals surface area contributed by atoms with Crippen LogP contribution < -0.4 is 5.32 Å². The Balaban J connectivity index is 1.43. The summed E-state index contributed by atoms with van der Waals surface area (Å²) in [7, 11) is 0. The minimum Gasteiger partial charge on any atom is -0.349 e. The molecular formula is C22H23N5OS. The number of amides is 1. The second-order valence-corrected chi connectivity index (χ2v) is 8.35. The molecule has 4 rings (SSSR count). The fourth-order valence-corrected chi connectivity index (χ4v) is 3.97. The number of aromatic nitrogens is 4. The van der Waals surface area contributed by atoms with Crippen LogP contribution in [0.4, 0.5) is 0 Å². The van der Waals surface area contributed by atoms with E-state index in [4.69, 9.17) is 0 Å². The molecule has 0 saturated carbocycles. The molecule has 7 heteroatoms. The fourth-order valence-electron chi connectivity index (χ4n) is 3.37. The molecule has 0 spiro atoms. The number of rotatable bonds is 7. The summed E-state index contributed by atoms with van der Waals surface area (Å²) in [6.07, 6.45) is 0.888. The largest absolute Gasteiger partial charge is 0.349 e. The number of nitrogens with zero attached hydrogens (tertiary/aromatic N) is 3. The van der Waals surface area contributed by atoms with E-state index in [1.807, 2.05) is 42.5 Å². The summed E-state index contributed by atoms with van der Waals surface area (Å²) in [4.78, 5) is 20.3. The van der Waals surface area contributed by atoms with Crippen LogP contribution in [0.1, 0.15) is 31.9 Å². The topological polar surface area (TPSA) is 83.6 Å². The molecule has 0 unspecified atom stereocenters. The molecule has 0 aliphatic rings. The highest BCUT2D eigenvalue weighted by atomic mass is 32.2. The second-order valence-electron chi connectivity index (χ2n) is 7.41. The van der Waals surface area contributed by atoms with Gasteiger partial charge >= 0.3 is 0 Å². The van der Waals surface area contributed by atoms with Crippen molar-refractivity contribution in [1.82, 2.24) is 25.5 Å². The van der Waals surface area contributed by atoms with Crippen LogP contribution in [0.15, 0.2) is 59.8 Å². The van der Waals surface area contributed by atoms with Gasteiger partial charge in [-0.1, -0.05) is 74.1 Å². The Morgan fingerprint density at radius 3 is 2.62 bits per heavy atom. The lowest BCUT2D eigenvalue weighted by atomic mass is 9.97. The zero-order chi connectivity index (χ0) is 20.2. The first-order chi connectivity index (χ1) is 14.1. The summed E-state index contributed by atoms with van der Waals surface area (Å²) in [6, 6.07) is 18.0. The lowest BCUT2D eigenvalue weighted by Gasteiger charge is -2.21. The van der Waals surface area contributed by atoms with Crippen LogP contribution in [0.5, 0.6) is 0 Å². The summed E-state index contributed by atoms with van der Waals surface area (Å²) in [6.45, 7) is 4.32. The Labute approximate surface area is 173 Å².